The van der Waals surface area contributed by atoms with Crippen LogP contribution in [0.3, 0.4) is 0 Å². The molecule has 110 valence electrons. The second-order valence-electron chi connectivity index (χ2n) is 5.67. The van der Waals surface area contributed by atoms with Crippen LogP contribution < -0.4 is 10.5 Å². The highest BCUT2D eigenvalue weighted by atomic mass is 35.5. The van der Waals surface area contributed by atoms with Gasteiger partial charge in [0, 0.05) is 0 Å². The summed E-state index contributed by atoms with van der Waals surface area (Å²) in [6.45, 7) is 8.07. The van der Waals surface area contributed by atoms with Crippen LogP contribution in [0.4, 0.5) is 0 Å². The van der Waals surface area contributed by atoms with Crippen molar-refractivity contribution in [2.75, 3.05) is 0 Å². The molecule has 0 radical (unpaired) electrons. The molecule has 4 heteroatoms. The highest BCUT2D eigenvalue weighted by Gasteiger charge is 2.16. The second-order valence-corrected chi connectivity index (χ2v) is 5.67. The summed E-state index contributed by atoms with van der Waals surface area (Å²) in [5, 5.41) is 9.87. The fourth-order valence-electron chi connectivity index (χ4n) is 1.81. The van der Waals surface area contributed by atoms with Gasteiger partial charge >= 0.3 is 0 Å². The third-order valence-corrected chi connectivity index (χ3v) is 2.69. The summed E-state index contributed by atoms with van der Waals surface area (Å²) in [5.41, 5.74) is 6.75. The average Bonchev–Trinajstić information content (AvgIpc) is 2.27. The van der Waals surface area contributed by atoms with Crippen LogP contribution in [0, 0.1) is 0 Å². The molecule has 0 saturated carbocycles. The minimum atomic E-state index is -0.482. The molecule has 0 bridgehead atoms. The van der Waals surface area contributed by atoms with E-state index in [0.29, 0.717) is 0 Å². The molecule has 2 atom stereocenters. The van der Waals surface area contributed by atoms with Gasteiger partial charge in [0.25, 0.3) is 0 Å². The van der Waals surface area contributed by atoms with Crippen LogP contribution in [0.1, 0.15) is 52.1 Å². The number of ether oxygens (including phenoxy) is 1. The minimum absolute atomic E-state index is 0. The molecule has 3 nitrogen and oxygen atoms in total. The zero-order valence-electron chi connectivity index (χ0n) is 12.2. The molecule has 0 aliphatic rings. The third kappa shape index (κ3) is 6.28. The minimum Gasteiger partial charge on any atom is -0.488 e. The van der Waals surface area contributed by atoms with E-state index in [1.165, 1.54) is 0 Å². The summed E-state index contributed by atoms with van der Waals surface area (Å²) >= 11 is 0. The molecule has 3 N–H and O–H groups in total. The van der Waals surface area contributed by atoms with E-state index in [1.807, 2.05) is 52.0 Å². The standard InChI is InChI=1S/C15H25NO2.ClH/c1-5-6-13(17)14(16)11-7-9-12(10-8-11)18-15(2,3)4;/h7-10,13-14,17H,5-6,16H2,1-4H3;1H/t13-,14+;/m1./s1. The van der Waals surface area contributed by atoms with Gasteiger partial charge in [0.1, 0.15) is 11.4 Å². The zero-order chi connectivity index (χ0) is 13.8. The smallest absolute Gasteiger partial charge is 0.120 e. The molecule has 1 aromatic carbocycles. The number of rotatable bonds is 5. The Morgan fingerprint density at radius 2 is 1.74 bits per heavy atom. The van der Waals surface area contributed by atoms with Crippen molar-refractivity contribution in [3.05, 3.63) is 29.8 Å². The summed E-state index contributed by atoms with van der Waals surface area (Å²) in [7, 11) is 0. The normalized spacial score (nSPS) is 14.4. The van der Waals surface area contributed by atoms with Gasteiger partial charge in [-0.3, -0.25) is 0 Å². The molecule has 0 aliphatic heterocycles. The fraction of sp³-hybridized carbons (Fsp3) is 0.600. The molecule has 0 aliphatic carbocycles. The maximum atomic E-state index is 9.87. The summed E-state index contributed by atoms with van der Waals surface area (Å²) in [6, 6.07) is 7.32. The number of halogens is 1. The lowest BCUT2D eigenvalue weighted by Gasteiger charge is -2.22. The molecule has 0 unspecified atom stereocenters. The molecule has 1 aromatic rings. The Morgan fingerprint density at radius 3 is 2.16 bits per heavy atom. The summed E-state index contributed by atoms with van der Waals surface area (Å²) in [6.07, 6.45) is 1.17. The number of aliphatic hydroxyl groups excluding tert-OH is 1. The lowest BCUT2D eigenvalue weighted by molar-refractivity contribution is 0.129. The van der Waals surface area contributed by atoms with E-state index in [2.05, 4.69) is 0 Å². The van der Waals surface area contributed by atoms with Crippen molar-refractivity contribution in [2.24, 2.45) is 5.73 Å². The van der Waals surface area contributed by atoms with E-state index in [1.54, 1.807) is 0 Å². The maximum Gasteiger partial charge on any atom is 0.120 e. The van der Waals surface area contributed by atoms with Gasteiger partial charge in [0.15, 0.2) is 0 Å². The fourth-order valence-corrected chi connectivity index (χ4v) is 1.81. The third-order valence-electron chi connectivity index (χ3n) is 2.69. The van der Waals surface area contributed by atoms with Gasteiger partial charge in [0.05, 0.1) is 12.1 Å². The van der Waals surface area contributed by atoms with E-state index in [-0.39, 0.29) is 24.0 Å². The molecule has 0 saturated heterocycles. The van der Waals surface area contributed by atoms with Gasteiger partial charge in [-0.1, -0.05) is 25.5 Å². The maximum absolute atomic E-state index is 9.87. The first-order valence-electron chi connectivity index (χ1n) is 6.56. The van der Waals surface area contributed by atoms with Crippen molar-refractivity contribution in [3.63, 3.8) is 0 Å². The van der Waals surface area contributed by atoms with E-state index in [0.717, 1.165) is 24.2 Å². The number of nitrogens with two attached hydrogens (primary N) is 1. The number of hydrogen-bond donors (Lipinski definition) is 2. The van der Waals surface area contributed by atoms with E-state index < -0.39 is 6.10 Å². The van der Waals surface area contributed by atoms with Crippen LogP contribution in [0.25, 0.3) is 0 Å². The molecule has 0 heterocycles. The zero-order valence-corrected chi connectivity index (χ0v) is 13.0. The van der Waals surface area contributed by atoms with E-state index >= 15 is 0 Å². The molecule has 0 fully saturated rings. The first kappa shape index (κ1) is 18.2. The van der Waals surface area contributed by atoms with Crippen LogP contribution in [0.5, 0.6) is 5.75 Å². The number of aliphatic hydroxyl groups is 1. The van der Waals surface area contributed by atoms with Gasteiger partial charge in [-0.15, -0.1) is 12.4 Å². The monoisotopic (exact) mass is 287 g/mol. The predicted octanol–water partition coefficient (Wildman–Crippen LogP) is 3.45. The lowest BCUT2D eigenvalue weighted by Crippen LogP contribution is -2.26. The van der Waals surface area contributed by atoms with Crippen molar-refractivity contribution < 1.29 is 9.84 Å². The van der Waals surface area contributed by atoms with Crippen molar-refractivity contribution in [3.8, 4) is 5.75 Å². The molecular weight excluding hydrogens is 262 g/mol. The molecule has 0 amide bonds. The number of benzene rings is 1. The molecular formula is C15H26ClNO2. The van der Waals surface area contributed by atoms with Gasteiger partial charge in [-0.05, 0) is 44.9 Å². The van der Waals surface area contributed by atoms with Crippen LogP contribution in [0.15, 0.2) is 24.3 Å². The van der Waals surface area contributed by atoms with Crippen molar-refractivity contribution in [2.45, 2.75) is 58.3 Å². The highest BCUT2D eigenvalue weighted by molar-refractivity contribution is 5.85. The van der Waals surface area contributed by atoms with Crippen molar-refractivity contribution in [1.29, 1.82) is 0 Å². The first-order chi connectivity index (χ1) is 8.33. The molecule has 1 rings (SSSR count). The molecule has 0 aromatic heterocycles. The highest BCUT2D eigenvalue weighted by Crippen LogP contribution is 2.23. The topological polar surface area (TPSA) is 55.5 Å². The Morgan fingerprint density at radius 1 is 1.21 bits per heavy atom. The Balaban J connectivity index is 0.00000324. The average molecular weight is 288 g/mol. The Kier molecular flexibility index (Phi) is 7.42. The van der Waals surface area contributed by atoms with Crippen molar-refractivity contribution in [1.82, 2.24) is 0 Å². The van der Waals surface area contributed by atoms with Gasteiger partial charge in [-0.25, -0.2) is 0 Å². The molecule has 19 heavy (non-hydrogen) atoms. The van der Waals surface area contributed by atoms with Gasteiger partial charge in [0.2, 0.25) is 0 Å². The Labute approximate surface area is 122 Å². The largest absolute Gasteiger partial charge is 0.488 e. The second kappa shape index (κ2) is 7.73. The van der Waals surface area contributed by atoms with Crippen LogP contribution in [0.2, 0.25) is 0 Å². The lowest BCUT2D eigenvalue weighted by atomic mass is 9.99. The predicted molar refractivity (Wildman–Crippen MR) is 81.9 cm³/mol. The van der Waals surface area contributed by atoms with E-state index in [4.69, 9.17) is 10.5 Å². The summed E-state index contributed by atoms with van der Waals surface area (Å²) in [4.78, 5) is 0. The van der Waals surface area contributed by atoms with Gasteiger partial charge < -0.3 is 15.6 Å². The quantitative estimate of drug-likeness (QED) is 0.872. The molecule has 0 spiro atoms. The SMILES string of the molecule is CCC[C@@H](O)[C@@H](N)c1ccc(OC(C)(C)C)cc1.Cl. The Hall–Kier alpha value is -0.770. The van der Waals surface area contributed by atoms with Crippen molar-refractivity contribution >= 4 is 12.4 Å². The first-order valence-corrected chi connectivity index (χ1v) is 6.56. The van der Waals surface area contributed by atoms with Gasteiger partial charge in [-0.2, -0.15) is 0 Å². The summed E-state index contributed by atoms with van der Waals surface area (Å²) in [5.74, 6) is 0.823. The summed E-state index contributed by atoms with van der Waals surface area (Å²) < 4.78 is 5.74. The van der Waals surface area contributed by atoms with Crippen LogP contribution in [-0.4, -0.2) is 16.8 Å². The van der Waals surface area contributed by atoms with Crippen LogP contribution >= 0.6 is 12.4 Å². The Bertz CT molecular complexity index is 359. The van der Waals surface area contributed by atoms with E-state index in [9.17, 15) is 5.11 Å². The van der Waals surface area contributed by atoms with Crippen LogP contribution in [-0.2, 0) is 0 Å². The number of hydrogen-bond acceptors (Lipinski definition) is 3.